The van der Waals surface area contributed by atoms with Crippen molar-refractivity contribution >= 4 is 39.5 Å². The van der Waals surface area contributed by atoms with Gasteiger partial charge in [0, 0.05) is 25.7 Å². The summed E-state index contributed by atoms with van der Waals surface area (Å²) in [6, 6.07) is 0. The van der Waals surface area contributed by atoms with E-state index in [2.05, 4.69) is 41.5 Å². The molecule has 528 valence electrons. The number of carbonyl (C=O) groups is 4. The first kappa shape index (κ1) is 87.1. The zero-order valence-corrected chi connectivity index (χ0v) is 59.5. The average Bonchev–Trinajstić information content (AvgIpc) is 3.50. The molecule has 0 saturated carbocycles. The largest absolute Gasteiger partial charge is 0.472 e. The summed E-state index contributed by atoms with van der Waals surface area (Å²) >= 11 is 0. The Morgan fingerprint density at radius 1 is 0.303 bits per heavy atom. The minimum absolute atomic E-state index is 0.107. The fourth-order valence-electron chi connectivity index (χ4n) is 10.6. The molecule has 17 nitrogen and oxygen atoms in total. The first-order valence-corrected chi connectivity index (χ1v) is 39.5. The summed E-state index contributed by atoms with van der Waals surface area (Å²) in [5, 5.41) is 10.6. The molecule has 0 saturated heterocycles. The van der Waals surface area contributed by atoms with Crippen molar-refractivity contribution in [1.82, 2.24) is 0 Å². The molecule has 5 atom stereocenters. The highest BCUT2D eigenvalue weighted by Gasteiger charge is 2.30. The summed E-state index contributed by atoms with van der Waals surface area (Å²) in [4.78, 5) is 72.5. The molecule has 0 fully saturated rings. The number of unbranched alkanes of at least 4 members (excludes halogenated alkanes) is 39. The lowest BCUT2D eigenvalue weighted by Crippen LogP contribution is -2.30. The summed E-state index contributed by atoms with van der Waals surface area (Å²) in [6.45, 7) is 9.54. The Morgan fingerprint density at radius 2 is 0.517 bits per heavy atom. The average molecular weight is 1310 g/mol. The van der Waals surface area contributed by atoms with Gasteiger partial charge in [0.1, 0.15) is 19.3 Å². The molecule has 0 radical (unpaired) electrons. The van der Waals surface area contributed by atoms with Crippen LogP contribution in [0, 0.1) is 11.8 Å². The van der Waals surface area contributed by atoms with Crippen molar-refractivity contribution in [3.63, 3.8) is 0 Å². The number of aliphatic hydroxyl groups is 1. The zero-order chi connectivity index (χ0) is 65.7. The van der Waals surface area contributed by atoms with Gasteiger partial charge in [-0.3, -0.25) is 37.3 Å². The molecule has 0 aliphatic heterocycles. The monoisotopic (exact) mass is 1310 g/mol. The number of phosphoric ester groups is 2. The summed E-state index contributed by atoms with van der Waals surface area (Å²) < 4.78 is 68.2. The number of esters is 4. The van der Waals surface area contributed by atoms with Crippen LogP contribution in [0.1, 0.15) is 356 Å². The van der Waals surface area contributed by atoms with Gasteiger partial charge in [0.25, 0.3) is 0 Å². The maximum atomic E-state index is 13.0. The Bertz CT molecular complexity index is 1730. The summed E-state index contributed by atoms with van der Waals surface area (Å²) in [5.74, 6) is -0.577. The minimum Gasteiger partial charge on any atom is -0.462 e. The number of aliphatic hydroxyl groups excluding tert-OH is 1. The standard InChI is InChI=1S/C70H136O17P2/c1-7-9-11-13-15-17-18-24-30-36-42-48-54-69(74)86-65(58-80-67(72)52-46-40-34-16-14-12-10-8-2)60-84-88(76,77)82-56-64(71)57-83-89(78,79)85-61-66(59-81-68(73)53-47-41-35-29-26-21-23-28-33-39-45-51-63(5)6)87-70(75)55-49-43-37-31-25-20-19-22-27-32-38-44-50-62(3)4/h62-66,71H,7-61H2,1-6H3,(H,76,77)(H,78,79)/t64-,65+,66+/m0/s1. The van der Waals surface area contributed by atoms with E-state index in [9.17, 15) is 43.2 Å². The van der Waals surface area contributed by atoms with Gasteiger partial charge in [-0.25, -0.2) is 9.13 Å². The van der Waals surface area contributed by atoms with Gasteiger partial charge in [-0.2, -0.15) is 0 Å². The number of hydrogen-bond donors (Lipinski definition) is 3. The SMILES string of the molecule is CCCCCCCCCCCCCCC(=O)O[C@H](COC(=O)CCCCCCCCCC)COP(=O)(O)OC[C@H](O)COP(=O)(O)OC[C@@H](COC(=O)CCCCCCCCCCCCCC(C)C)OC(=O)CCCCCCCCCCCCCCC(C)C. The first-order valence-electron chi connectivity index (χ1n) is 36.5. The molecular weight excluding hydrogens is 1170 g/mol. The van der Waals surface area contributed by atoms with Crippen LogP contribution in [0.25, 0.3) is 0 Å². The van der Waals surface area contributed by atoms with Gasteiger partial charge in [0.2, 0.25) is 0 Å². The number of hydrogen-bond acceptors (Lipinski definition) is 15. The Hall–Kier alpha value is -1.94. The molecule has 2 unspecified atom stereocenters. The number of ether oxygens (including phenoxy) is 4. The number of carbonyl (C=O) groups excluding carboxylic acids is 4. The molecule has 0 aromatic heterocycles. The molecule has 0 heterocycles. The van der Waals surface area contributed by atoms with Crippen molar-refractivity contribution in [2.75, 3.05) is 39.6 Å². The van der Waals surface area contributed by atoms with Gasteiger partial charge in [-0.1, -0.05) is 305 Å². The van der Waals surface area contributed by atoms with Crippen LogP contribution in [-0.2, 0) is 65.4 Å². The zero-order valence-electron chi connectivity index (χ0n) is 57.7. The van der Waals surface area contributed by atoms with E-state index >= 15 is 0 Å². The lowest BCUT2D eigenvalue weighted by atomic mass is 10.0. The van der Waals surface area contributed by atoms with Crippen molar-refractivity contribution in [3.8, 4) is 0 Å². The Kier molecular flexibility index (Phi) is 60.8. The molecule has 0 aromatic carbocycles. The fourth-order valence-corrected chi connectivity index (χ4v) is 12.2. The summed E-state index contributed by atoms with van der Waals surface area (Å²) in [6.07, 6.45) is 47.1. The third kappa shape index (κ3) is 64.6. The molecule has 0 amide bonds. The summed E-state index contributed by atoms with van der Waals surface area (Å²) in [7, 11) is -9.90. The van der Waals surface area contributed by atoms with Gasteiger partial charge in [-0.05, 0) is 37.5 Å². The Balaban J connectivity index is 5.23. The normalized spacial score (nSPS) is 14.1. The van der Waals surface area contributed by atoms with Gasteiger partial charge < -0.3 is 33.8 Å². The molecule has 0 aliphatic carbocycles. The second-order valence-corrected chi connectivity index (χ2v) is 29.1. The van der Waals surface area contributed by atoms with Gasteiger partial charge in [0.15, 0.2) is 12.2 Å². The Morgan fingerprint density at radius 3 is 0.764 bits per heavy atom. The topological polar surface area (TPSA) is 237 Å². The molecule has 89 heavy (non-hydrogen) atoms. The quantitative estimate of drug-likeness (QED) is 0.0222. The van der Waals surface area contributed by atoms with Crippen LogP contribution in [0.15, 0.2) is 0 Å². The van der Waals surface area contributed by atoms with Crippen molar-refractivity contribution in [2.24, 2.45) is 11.8 Å². The van der Waals surface area contributed by atoms with Crippen molar-refractivity contribution < 1.29 is 80.2 Å². The highest BCUT2D eigenvalue weighted by atomic mass is 31.2. The van der Waals surface area contributed by atoms with Crippen LogP contribution in [0.4, 0.5) is 0 Å². The van der Waals surface area contributed by atoms with Crippen LogP contribution in [0.2, 0.25) is 0 Å². The number of rotatable bonds is 69. The van der Waals surface area contributed by atoms with E-state index in [4.69, 9.17) is 37.0 Å². The van der Waals surface area contributed by atoms with Crippen LogP contribution >= 0.6 is 15.6 Å². The van der Waals surface area contributed by atoms with Gasteiger partial charge in [-0.15, -0.1) is 0 Å². The third-order valence-corrected chi connectivity index (χ3v) is 18.1. The smallest absolute Gasteiger partial charge is 0.462 e. The molecule has 0 aromatic rings. The van der Waals surface area contributed by atoms with Crippen LogP contribution < -0.4 is 0 Å². The van der Waals surface area contributed by atoms with Crippen molar-refractivity contribution in [1.29, 1.82) is 0 Å². The fraction of sp³-hybridized carbons (Fsp3) is 0.943. The third-order valence-electron chi connectivity index (χ3n) is 16.2. The van der Waals surface area contributed by atoms with E-state index in [1.807, 2.05) is 0 Å². The molecular formula is C70H136O17P2. The van der Waals surface area contributed by atoms with Gasteiger partial charge >= 0.3 is 39.5 Å². The molecule has 19 heteroatoms. The molecule has 0 bridgehead atoms. The van der Waals surface area contributed by atoms with E-state index in [1.165, 1.54) is 167 Å². The van der Waals surface area contributed by atoms with Crippen molar-refractivity contribution in [2.45, 2.75) is 374 Å². The van der Waals surface area contributed by atoms with Crippen LogP contribution in [0.5, 0.6) is 0 Å². The van der Waals surface area contributed by atoms with Crippen molar-refractivity contribution in [3.05, 3.63) is 0 Å². The molecule has 0 rings (SSSR count). The molecule has 0 spiro atoms. The van der Waals surface area contributed by atoms with E-state index in [0.717, 1.165) is 108 Å². The predicted octanol–water partition coefficient (Wildman–Crippen LogP) is 20.0. The summed E-state index contributed by atoms with van der Waals surface area (Å²) in [5.41, 5.74) is 0. The van der Waals surface area contributed by atoms with E-state index in [1.54, 1.807) is 0 Å². The molecule has 3 N–H and O–H groups in total. The lowest BCUT2D eigenvalue weighted by Gasteiger charge is -2.21. The Labute approximate surface area is 543 Å². The number of phosphoric acid groups is 2. The molecule has 0 aliphatic rings. The minimum atomic E-state index is -4.95. The van der Waals surface area contributed by atoms with Crippen LogP contribution in [-0.4, -0.2) is 96.7 Å². The van der Waals surface area contributed by atoms with Gasteiger partial charge in [0.05, 0.1) is 26.4 Å². The first-order chi connectivity index (χ1) is 42.9. The predicted molar refractivity (Wildman–Crippen MR) is 358 cm³/mol. The van der Waals surface area contributed by atoms with E-state index in [0.29, 0.717) is 25.7 Å². The maximum Gasteiger partial charge on any atom is 0.472 e. The van der Waals surface area contributed by atoms with E-state index in [-0.39, 0.29) is 25.7 Å². The van der Waals surface area contributed by atoms with E-state index < -0.39 is 97.5 Å². The lowest BCUT2D eigenvalue weighted by molar-refractivity contribution is -0.161. The van der Waals surface area contributed by atoms with Crippen LogP contribution in [0.3, 0.4) is 0 Å². The highest BCUT2D eigenvalue weighted by Crippen LogP contribution is 2.45. The second kappa shape index (κ2) is 62.2. The second-order valence-electron chi connectivity index (χ2n) is 26.2. The maximum absolute atomic E-state index is 13.0. The highest BCUT2D eigenvalue weighted by molar-refractivity contribution is 7.47.